The largest absolute Gasteiger partial charge is 0.467 e. The number of aromatic amines is 1. The zero-order chi connectivity index (χ0) is 23.1. The number of halogens is 2. The molecule has 7 nitrogen and oxygen atoms in total. The number of carbonyl (C=O) groups is 2. The minimum Gasteiger partial charge on any atom is -0.467 e. The second-order valence-corrected chi connectivity index (χ2v) is 8.06. The average molecular weight is 475 g/mol. The summed E-state index contributed by atoms with van der Waals surface area (Å²) in [6.45, 7) is 1.96. The predicted molar refractivity (Wildman–Crippen MR) is 125 cm³/mol. The first-order valence-corrected chi connectivity index (χ1v) is 10.8. The van der Waals surface area contributed by atoms with Crippen LogP contribution in [0.15, 0.2) is 61.1 Å². The number of nitrogens with one attached hydrogen (secondary N) is 2. The lowest BCUT2D eigenvalue weighted by Crippen LogP contribution is -2.51. The Balaban J connectivity index is 1.89. The van der Waals surface area contributed by atoms with Crippen molar-refractivity contribution >= 4 is 40.8 Å². The number of esters is 1. The van der Waals surface area contributed by atoms with Gasteiger partial charge in [0.15, 0.2) is 0 Å². The Labute approximate surface area is 196 Å². The first-order chi connectivity index (χ1) is 15.4. The van der Waals surface area contributed by atoms with Gasteiger partial charge in [-0.3, -0.25) is 4.79 Å². The fourth-order valence-corrected chi connectivity index (χ4v) is 3.62. The number of methoxy groups -OCH3 is 1. The molecular weight excluding hydrogens is 451 g/mol. The van der Waals surface area contributed by atoms with Crippen molar-refractivity contribution in [2.24, 2.45) is 0 Å². The van der Waals surface area contributed by atoms with Gasteiger partial charge in [0.05, 0.1) is 29.2 Å². The van der Waals surface area contributed by atoms with Crippen molar-refractivity contribution in [3.05, 3.63) is 82.4 Å². The fraction of sp³-hybridized carbons (Fsp3) is 0.261. The molecular formula is C23H24Cl2N4O3. The van der Waals surface area contributed by atoms with Crippen LogP contribution in [-0.2, 0) is 27.3 Å². The normalized spacial score (nSPS) is 12.6. The molecule has 0 aliphatic heterocycles. The highest BCUT2D eigenvalue weighted by atomic mass is 35.5. The van der Waals surface area contributed by atoms with E-state index in [0.29, 0.717) is 21.4 Å². The maximum absolute atomic E-state index is 13.6. The lowest BCUT2D eigenvalue weighted by molar-refractivity contribution is -0.153. The third kappa shape index (κ3) is 6.02. The Kier molecular flexibility index (Phi) is 8.14. The number of hydrogen-bond donors (Lipinski definition) is 2. The number of ether oxygens (including phenoxy) is 1. The second kappa shape index (κ2) is 11.0. The zero-order valence-electron chi connectivity index (χ0n) is 17.7. The quantitative estimate of drug-likeness (QED) is 0.450. The van der Waals surface area contributed by atoms with Crippen LogP contribution in [0.4, 0.5) is 5.69 Å². The summed E-state index contributed by atoms with van der Waals surface area (Å²) in [6.07, 6.45) is 3.44. The van der Waals surface area contributed by atoms with E-state index < -0.39 is 18.1 Å². The van der Waals surface area contributed by atoms with Crippen molar-refractivity contribution < 1.29 is 14.3 Å². The summed E-state index contributed by atoms with van der Waals surface area (Å²) in [5.41, 5.74) is 2.18. The molecule has 9 heteroatoms. The van der Waals surface area contributed by atoms with Gasteiger partial charge in [-0.1, -0.05) is 53.5 Å². The maximum atomic E-state index is 13.6. The van der Waals surface area contributed by atoms with E-state index in [1.165, 1.54) is 18.3 Å². The summed E-state index contributed by atoms with van der Waals surface area (Å²) in [6, 6.07) is 13.0. The number of carbonyl (C=O) groups excluding carboxylic acids is 2. The SMILES string of the molecule is COC(=O)[C@H](Cc1c[nH]cn1)N(Cc1ccccc1)C(=O)[C@H](C)Nc1ccc(Cl)c(Cl)c1. The van der Waals surface area contributed by atoms with E-state index >= 15 is 0 Å². The Bertz CT molecular complexity index is 1040. The zero-order valence-corrected chi connectivity index (χ0v) is 19.2. The van der Waals surface area contributed by atoms with Crippen molar-refractivity contribution in [2.75, 3.05) is 12.4 Å². The molecule has 2 atom stereocenters. The topological polar surface area (TPSA) is 87.3 Å². The molecule has 0 saturated heterocycles. The third-order valence-corrected chi connectivity index (χ3v) is 5.70. The number of benzene rings is 2. The summed E-state index contributed by atoms with van der Waals surface area (Å²) in [5, 5.41) is 3.94. The Morgan fingerprint density at radius 2 is 1.91 bits per heavy atom. The van der Waals surface area contributed by atoms with Crippen molar-refractivity contribution in [1.29, 1.82) is 0 Å². The number of imidazole rings is 1. The first kappa shape index (κ1) is 23.6. The van der Waals surface area contributed by atoms with E-state index in [2.05, 4.69) is 15.3 Å². The molecule has 2 N–H and O–H groups in total. The fourth-order valence-electron chi connectivity index (χ4n) is 3.33. The molecule has 2 aromatic carbocycles. The molecule has 0 aliphatic rings. The number of H-pyrrole nitrogens is 1. The van der Waals surface area contributed by atoms with Gasteiger partial charge in [-0.2, -0.15) is 0 Å². The summed E-state index contributed by atoms with van der Waals surface area (Å²) in [5.74, 6) is -0.787. The average Bonchev–Trinajstić information content (AvgIpc) is 3.31. The van der Waals surface area contributed by atoms with E-state index in [1.54, 1.807) is 31.3 Å². The molecule has 0 bridgehead atoms. The van der Waals surface area contributed by atoms with Crippen LogP contribution < -0.4 is 5.32 Å². The van der Waals surface area contributed by atoms with Crippen LogP contribution in [0, 0.1) is 0 Å². The van der Waals surface area contributed by atoms with Crippen LogP contribution in [0.1, 0.15) is 18.2 Å². The molecule has 0 unspecified atom stereocenters. The van der Waals surface area contributed by atoms with Crippen molar-refractivity contribution in [2.45, 2.75) is 32.0 Å². The molecule has 1 heterocycles. The summed E-state index contributed by atoms with van der Waals surface area (Å²) in [7, 11) is 1.31. The van der Waals surface area contributed by atoms with Crippen molar-refractivity contribution in [3.63, 3.8) is 0 Å². The molecule has 32 heavy (non-hydrogen) atoms. The van der Waals surface area contributed by atoms with Gasteiger partial charge in [0, 0.05) is 24.8 Å². The molecule has 3 rings (SSSR count). The molecule has 0 aliphatic carbocycles. The standard InChI is InChI=1S/C23H24Cl2N4O3/c1-15(28-17-8-9-19(24)20(25)10-17)22(30)29(13-16-6-4-3-5-7-16)21(23(31)32-2)11-18-12-26-14-27-18/h3-10,12,14-15,21,28H,11,13H2,1-2H3,(H,26,27)/t15-,21-/m0/s1. The molecule has 0 saturated carbocycles. The van der Waals surface area contributed by atoms with E-state index in [9.17, 15) is 9.59 Å². The summed E-state index contributed by atoms with van der Waals surface area (Å²) >= 11 is 12.1. The molecule has 1 amide bonds. The van der Waals surface area contributed by atoms with Gasteiger partial charge in [-0.25, -0.2) is 9.78 Å². The van der Waals surface area contributed by atoms with Gasteiger partial charge in [-0.05, 0) is 30.7 Å². The number of hydrogen-bond acceptors (Lipinski definition) is 5. The molecule has 0 radical (unpaired) electrons. The third-order valence-electron chi connectivity index (χ3n) is 4.96. The Hall–Kier alpha value is -3.03. The van der Waals surface area contributed by atoms with E-state index in [4.69, 9.17) is 27.9 Å². The molecule has 3 aromatic rings. The highest BCUT2D eigenvalue weighted by Crippen LogP contribution is 2.26. The van der Waals surface area contributed by atoms with Crippen LogP contribution in [0.3, 0.4) is 0 Å². The first-order valence-electron chi connectivity index (χ1n) is 10.0. The highest BCUT2D eigenvalue weighted by molar-refractivity contribution is 6.42. The van der Waals surface area contributed by atoms with E-state index in [0.717, 1.165) is 5.56 Å². The minimum atomic E-state index is -0.853. The maximum Gasteiger partial charge on any atom is 0.329 e. The van der Waals surface area contributed by atoms with Gasteiger partial charge in [0.25, 0.3) is 0 Å². The van der Waals surface area contributed by atoms with Gasteiger partial charge >= 0.3 is 5.97 Å². The molecule has 1 aromatic heterocycles. The van der Waals surface area contributed by atoms with Gasteiger partial charge in [-0.15, -0.1) is 0 Å². The molecule has 0 spiro atoms. The number of anilines is 1. The molecule has 168 valence electrons. The summed E-state index contributed by atoms with van der Waals surface area (Å²) in [4.78, 5) is 34.9. The van der Waals surface area contributed by atoms with Crippen LogP contribution in [0.5, 0.6) is 0 Å². The lowest BCUT2D eigenvalue weighted by Gasteiger charge is -2.32. The predicted octanol–water partition coefficient (Wildman–Crippen LogP) is 4.33. The monoisotopic (exact) mass is 474 g/mol. The highest BCUT2D eigenvalue weighted by Gasteiger charge is 2.34. The lowest BCUT2D eigenvalue weighted by atomic mass is 10.1. The van der Waals surface area contributed by atoms with E-state index in [-0.39, 0.29) is 18.9 Å². The smallest absolute Gasteiger partial charge is 0.329 e. The van der Waals surface area contributed by atoms with Gasteiger partial charge < -0.3 is 19.9 Å². The van der Waals surface area contributed by atoms with Gasteiger partial charge in [0.1, 0.15) is 12.1 Å². The van der Waals surface area contributed by atoms with Gasteiger partial charge in [0.2, 0.25) is 5.91 Å². The van der Waals surface area contributed by atoms with Crippen molar-refractivity contribution in [3.8, 4) is 0 Å². The minimum absolute atomic E-state index is 0.217. The van der Waals surface area contributed by atoms with Crippen LogP contribution in [0.2, 0.25) is 10.0 Å². The number of aromatic nitrogens is 2. The Morgan fingerprint density at radius 3 is 2.53 bits per heavy atom. The van der Waals surface area contributed by atoms with Crippen LogP contribution in [-0.4, -0.2) is 45.9 Å². The second-order valence-electron chi connectivity index (χ2n) is 7.25. The Morgan fingerprint density at radius 1 is 1.16 bits per heavy atom. The van der Waals surface area contributed by atoms with Crippen LogP contribution >= 0.6 is 23.2 Å². The van der Waals surface area contributed by atoms with Crippen molar-refractivity contribution in [1.82, 2.24) is 14.9 Å². The number of rotatable bonds is 9. The molecule has 0 fully saturated rings. The van der Waals surface area contributed by atoms with E-state index in [1.807, 2.05) is 30.3 Å². The summed E-state index contributed by atoms with van der Waals surface area (Å²) < 4.78 is 5.03. The van der Waals surface area contributed by atoms with Crippen LogP contribution in [0.25, 0.3) is 0 Å². The number of amides is 1. The number of nitrogens with zero attached hydrogens (tertiary/aromatic N) is 2.